The lowest BCUT2D eigenvalue weighted by Crippen LogP contribution is -2.32. The predicted molar refractivity (Wildman–Crippen MR) is 95.1 cm³/mol. The van der Waals surface area contributed by atoms with E-state index in [1.54, 1.807) is 23.1 Å². The normalized spacial score (nSPS) is 16.1. The average molecular weight is 356 g/mol. The average Bonchev–Trinajstić information content (AvgIpc) is 3.43. The van der Waals surface area contributed by atoms with Crippen molar-refractivity contribution < 1.29 is 14.0 Å². The number of nitrogens with one attached hydrogen (secondary N) is 1. The molecule has 0 spiro atoms. The van der Waals surface area contributed by atoms with Gasteiger partial charge in [-0.05, 0) is 48.7 Å². The van der Waals surface area contributed by atoms with Gasteiger partial charge in [0.1, 0.15) is 5.82 Å². The van der Waals surface area contributed by atoms with E-state index in [1.807, 2.05) is 12.1 Å². The van der Waals surface area contributed by atoms with Crippen molar-refractivity contribution in [2.24, 2.45) is 0 Å². The molecule has 1 heterocycles. The summed E-state index contributed by atoms with van der Waals surface area (Å²) < 4.78 is 13.4. The molecule has 0 radical (unpaired) electrons. The van der Waals surface area contributed by atoms with Crippen molar-refractivity contribution >= 4 is 29.3 Å². The van der Waals surface area contributed by atoms with Crippen LogP contribution in [-0.2, 0) is 11.3 Å². The molecule has 0 atom stereocenters. The second-order valence-corrected chi connectivity index (χ2v) is 7.36. The molecule has 2 amide bonds. The summed E-state index contributed by atoms with van der Waals surface area (Å²) in [5, 5.41) is 2.82. The van der Waals surface area contributed by atoms with Crippen molar-refractivity contribution in [3.63, 3.8) is 0 Å². The van der Waals surface area contributed by atoms with E-state index < -0.39 is 0 Å². The molecule has 2 aliphatic rings. The summed E-state index contributed by atoms with van der Waals surface area (Å²) in [6.45, 7) is 0.388. The number of carbonyl (C=O) groups is 2. The SMILES string of the molecule is O=C1CSc2ccc(C(=O)N(Cc3cccc(F)c3)C3CC3)cc2N1. The van der Waals surface area contributed by atoms with Crippen LogP contribution in [0.4, 0.5) is 10.1 Å². The Kier molecular flexibility index (Phi) is 4.21. The molecule has 0 saturated heterocycles. The highest BCUT2D eigenvalue weighted by molar-refractivity contribution is 8.00. The Morgan fingerprint density at radius 3 is 2.84 bits per heavy atom. The van der Waals surface area contributed by atoms with E-state index in [2.05, 4.69) is 5.32 Å². The van der Waals surface area contributed by atoms with Crippen molar-refractivity contribution in [1.29, 1.82) is 0 Å². The number of nitrogens with zero attached hydrogens (tertiary/aromatic N) is 1. The van der Waals surface area contributed by atoms with Crippen molar-refractivity contribution in [3.8, 4) is 0 Å². The molecule has 1 N–H and O–H groups in total. The smallest absolute Gasteiger partial charge is 0.254 e. The fourth-order valence-electron chi connectivity index (χ4n) is 2.97. The van der Waals surface area contributed by atoms with Crippen molar-refractivity contribution in [3.05, 3.63) is 59.4 Å². The third-order valence-corrected chi connectivity index (χ3v) is 5.42. The molecule has 6 heteroatoms. The first-order chi connectivity index (χ1) is 12.1. The van der Waals surface area contributed by atoms with Gasteiger partial charge in [-0.25, -0.2) is 4.39 Å². The van der Waals surface area contributed by atoms with Crippen LogP contribution in [0, 0.1) is 5.82 Å². The van der Waals surface area contributed by atoms with Gasteiger partial charge in [0.05, 0.1) is 11.4 Å². The minimum absolute atomic E-state index is 0.0547. The predicted octanol–water partition coefficient (Wildman–Crippen LogP) is 3.67. The number of hydrogen-bond donors (Lipinski definition) is 1. The Hall–Kier alpha value is -2.34. The van der Waals surface area contributed by atoms with Crippen LogP contribution >= 0.6 is 11.8 Å². The molecule has 25 heavy (non-hydrogen) atoms. The molecule has 0 unspecified atom stereocenters. The second-order valence-electron chi connectivity index (χ2n) is 6.34. The fourth-order valence-corrected chi connectivity index (χ4v) is 3.76. The van der Waals surface area contributed by atoms with Gasteiger partial charge in [-0.15, -0.1) is 11.8 Å². The van der Waals surface area contributed by atoms with Crippen LogP contribution in [0.1, 0.15) is 28.8 Å². The Labute approximate surface area is 149 Å². The summed E-state index contributed by atoms with van der Waals surface area (Å²) in [5.41, 5.74) is 2.01. The van der Waals surface area contributed by atoms with Crippen molar-refractivity contribution in [2.75, 3.05) is 11.1 Å². The third-order valence-electron chi connectivity index (χ3n) is 4.35. The second kappa shape index (κ2) is 6.52. The molecule has 2 aromatic carbocycles. The number of carbonyl (C=O) groups excluding carboxylic acids is 2. The van der Waals surface area contributed by atoms with Gasteiger partial charge in [0.15, 0.2) is 0 Å². The minimum atomic E-state index is -0.297. The summed E-state index contributed by atoms with van der Waals surface area (Å²) in [6.07, 6.45) is 1.94. The Morgan fingerprint density at radius 1 is 1.24 bits per heavy atom. The van der Waals surface area contributed by atoms with Crippen LogP contribution in [0.25, 0.3) is 0 Å². The number of amides is 2. The molecule has 4 rings (SSSR count). The summed E-state index contributed by atoms with van der Waals surface area (Å²) in [5.74, 6) is -0.0388. The molecule has 4 nitrogen and oxygen atoms in total. The van der Waals surface area contributed by atoms with E-state index in [1.165, 1.54) is 23.9 Å². The topological polar surface area (TPSA) is 49.4 Å². The highest BCUT2D eigenvalue weighted by Crippen LogP contribution is 2.34. The van der Waals surface area contributed by atoms with E-state index in [9.17, 15) is 14.0 Å². The van der Waals surface area contributed by atoms with Gasteiger partial charge in [0, 0.05) is 23.0 Å². The van der Waals surface area contributed by atoms with Crippen LogP contribution in [0.15, 0.2) is 47.4 Å². The fraction of sp³-hybridized carbons (Fsp3) is 0.263. The van der Waals surface area contributed by atoms with Crippen LogP contribution in [0.3, 0.4) is 0 Å². The molecule has 128 valence electrons. The number of rotatable bonds is 4. The highest BCUT2D eigenvalue weighted by Gasteiger charge is 2.33. The number of halogens is 1. The maximum absolute atomic E-state index is 13.4. The van der Waals surface area contributed by atoms with Crippen LogP contribution in [0.2, 0.25) is 0 Å². The summed E-state index contributed by atoms with van der Waals surface area (Å²) in [7, 11) is 0. The summed E-state index contributed by atoms with van der Waals surface area (Å²) in [6, 6.07) is 12.0. The Morgan fingerprint density at radius 2 is 2.08 bits per heavy atom. The lowest BCUT2D eigenvalue weighted by molar-refractivity contribution is -0.113. The van der Waals surface area contributed by atoms with Crippen LogP contribution < -0.4 is 5.32 Å². The first-order valence-corrected chi connectivity index (χ1v) is 9.21. The molecule has 0 aromatic heterocycles. The van der Waals surface area contributed by atoms with Crippen molar-refractivity contribution in [2.45, 2.75) is 30.3 Å². The maximum Gasteiger partial charge on any atom is 0.254 e. The Bertz CT molecular complexity index is 851. The molecular weight excluding hydrogens is 339 g/mol. The van der Waals surface area contributed by atoms with Crippen LogP contribution in [-0.4, -0.2) is 28.5 Å². The van der Waals surface area contributed by atoms with Crippen LogP contribution in [0.5, 0.6) is 0 Å². The van der Waals surface area contributed by atoms with Gasteiger partial charge in [-0.3, -0.25) is 9.59 Å². The largest absolute Gasteiger partial charge is 0.331 e. The van der Waals surface area contributed by atoms with Gasteiger partial charge in [-0.2, -0.15) is 0 Å². The number of benzene rings is 2. The highest BCUT2D eigenvalue weighted by atomic mass is 32.2. The van der Waals surface area contributed by atoms with Gasteiger partial charge in [0.25, 0.3) is 5.91 Å². The van der Waals surface area contributed by atoms with E-state index in [4.69, 9.17) is 0 Å². The molecule has 1 fully saturated rings. The van der Waals surface area contributed by atoms with Gasteiger partial charge >= 0.3 is 0 Å². The zero-order chi connectivity index (χ0) is 17.4. The zero-order valence-electron chi connectivity index (χ0n) is 13.5. The molecule has 0 bridgehead atoms. The first kappa shape index (κ1) is 16.1. The first-order valence-electron chi connectivity index (χ1n) is 8.22. The summed E-state index contributed by atoms with van der Waals surface area (Å²) >= 11 is 1.47. The van der Waals surface area contributed by atoms with E-state index >= 15 is 0 Å². The molecule has 1 aliphatic heterocycles. The lowest BCUT2D eigenvalue weighted by Gasteiger charge is -2.24. The molecule has 1 saturated carbocycles. The number of anilines is 1. The van der Waals surface area contributed by atoms with E-state index in [-0.39, 0.29) is 23.7 Å². The summed E-state index contributed by atoms with van der Waals surface area (Å²) in [4.78, 5) is 27.3. The lowest BCUT2D eigenvalue weighted by atomic mass is 10.1. The Balaban J connectivity index is 1.59. The number of fused-ring (bicyclic) bond motifs is 1. The number of thioether (sulfide) groups is 1. The van der Waals surface area contributed by atoms with E-state index in [0.29, 0.717) is 23.5 Å². The standard InChI is InChI=1S/C19H17FN2O2S/c20-14-3-1-2-12(8-14)10-22(15-5-6-15)19(24)13-4-7-17-16(9-13)21-18(23)11-25-17/h1-4,7-9,15H,5-6,10-11H2,(H,21,23). The third kappa shape index (κ3) is 3.54. The maximum atomic E-state index is 13.4. The van der Waals surface area contributed by atoms with Gasteiger partial charge < -0.3 is 10.2 Å². The zero-order valence-corrected chi connectivity index (χ0v) is 14.3. The quantitative estimate of drug-likeness (QED) is 0.909. The molecular formula is C19H17FN2O2S. The van der Waals surface area contributed by atoms with Gasteiger partial charge in [0.2, 0.25) is 5.91 Å². The molecule has 1 aliphatic carbocycles. The van der Waals surface area contributed by atoms with Crippen molar-refractivity contribution in [1.82, 2.24) is 4.90 Å². The van der Waals surface area contributed by atoms with E-state index in [0.717, 1.165) is 23.3 Å². The van der Waals surface area contributed by atoms with Gasteiger partial charge in [-0.1, -0.05) is 12.1 Å². The minimum Gasteiger partial charge on any atom is -0.331 e. The number of hydrogen-bond acceptors (Lipinski definition) is 3. The molecule has 2 aromatic rings. The monoisotopic (exact) mass is 356 g/mol.